The molecule has 0 amide bonds. The summed E-state index contributed by atoms with van der Waals surface area (Å²) in [5.41, 5.74) is 6.61. The fourth-order valence-electron chi connectivity index (χ4n) is 4.86. The Morgan fingerprint density at radius 1 is 0.892 bits per heavy atom. The van der Waals surface area contributed by atoms with Gasteiger partial charge in [0.1, 0.15) is 11.5 Å². The zero-order valence-electron chi connectivity index (χ0n) is 21.5. The van der Waals surface area contributed by atoms with Crippen LogP contribution < -0.4 is 4.74 Å². The highest BCUT2D eigenvalue weighted by molar-refractivity contribution is 5.98. The number of ether oxygens (including phenoxy) is 1. The molecule has 4 heteroatoms. The van der Waals surface area contributed by atoms with E-state index in [-0.39, 0.29) is 0 Å². The number of carboxylic acid groups (broad SMARTS) is 1. The fraction of sp³-hybridized carbons (Fsp3) is 0.242. The van der Waals surface area contributed by atoms with Crippen LogP contribution in [-0.4, -0.2) is 35.6 Å². The van der Waals surface area contributed by atoms with E-state index in [2.05, 4.69) is 66.9 Å². The molecule has 1 heterocycles. The summed E-state index contributed by atoms with van der Waals surface area (Å²) in [5.74, 6) is 0.605. The van der Waals surface area contributed by atoms with Gasteiger partial charge in [0.2, 0.25) is 0 Å². The van der Waals surface area contributed by atoms with Gasteiger partial charge in [-0.3, -0.25) is 4.90 Å². The van der Waals surface area contributed by atoms with E-state index in [0.29, 0.717) is 0 Å². The monoisotopic (exact) mass is 493 g/mol. The third-order valence-electron chi connectivity index (χ3n) is 6.65. The molecule has 1 aliphatic rings. The summed E-state index contributed by atoms with van der Waals surface area (Å²) < 4.78 is 6.08. The van der Waals surface area contributed by atoms with E-state index in [1.807, 2.05) is 30.3 Å². The third kappa shape index (κ3) is 7.31. The van der Waals surface area contributed by atoms with Gasteiger partial charge >= 0.3 is 5.97 Å². The number of nitrogens with zero attached hydrogens (tertiary/aromatic N) is 1. The van der Waals surface area contributed by atoms with Gasteiger partial charge in [-0.15, -0.1) is 0 Å². The minimum absolute atomic E-state index is 0.767. The van der Waals surface area contributed by atoms with E-state index < -0.39 is 5.97 Å². The topological polar surface area (TPSA) is 49.8 Å². The molecule has 0 atom stereocenters. The molecule has 4 nitrogen and oxygen atoms in total. The van der Waals surface area contributed by atoms with Crippen LogP contribution in [0.4, 0.5) is 0 Å². The number of aliphatic carboxylic acids is 1. The first kappa shape index (κ1) is 26.2. The smallest absolute Gasteiger partial charge is 0.328 e. The molecular weight excluding hydrogens is 458 g/mol. The number of hydrogen-bond donors (Lipinski definition) is 1. The molecule has 0 aromatic heterocycles. The predicted molar refractivity (Wildman–Crippen MR) is 152 cm³/mol. The van der Waals surface area contributed by atoms with Crippen LogP contribution in [0.5, 0.6) is 5.75 Å². The van der Waals surface area contributed by atoms with Crippen molar-refractivity contribution in [3.63, 3.8) is 0 Å². The molecule has 0 radical (unpaired) electrons. The van der Waals surface area contributed by atoms with E-state index in [9.17, 15) is 4.79 Å². The Morgan fingerprint density at radius 3 is 2.11 bits per heavy atom. The lowest BCUT2D eigenvalue weighted by Gasteiger charge is -2.26. The normalized spacial score (nSPS) is 14.8. The number of benzene rings is 3. The Bertz CT molecular complexity index is 1250. The summed E-state index contributed by atoms with van der Waals surface area (Å²) in [5, 5.41) is 8.94. The molecule has 3 aromatic carbocycles. The summed E-state index contributed by atoms with van der Waals surface area (Å²) in [6, 6.07) is 26.7. The molecule has 0 saturated carbocycles. The molecular formula is C33H35NO3. The number of carboxylic acids is 1. The molecule has 0 spiro atoms. The van der Waals surface area contributed by atoms with E-state index >= 15 is 0 Å². The molecule has 0 unspecified atom stereocenters. The zero-order valence-corrected chi connectivity index (χ0v) is 21.5. The van der Waals surface area contributed by atoms with Crippen molar-refractivity contribution in [3.05, 3.63) is 120 Å². The second-order valence-electron chi connectivity index (χ2n) is 9.37. The van der Waals surface area contributed by atoms with Crippen LogP contribution in [0.3, 0.4) is 0 Å². The maximum absolute atomic E-state index is 10.9. The average Bonchev–Trinajstić information content (AvgIpc) is 2.92. The van der Waals surface area contributed by atoms with Crippen LogP contribution in [-0.2, 0) is 4.79 Å². The first-order valence-corrected chi connectivity index (χ1v) is 13.0. The Kier molecular flexibility index (Phi) is 9.12. The SMILES string of the molecule is C=C(CN1CCCCC1)Oc1ccc(/C(=C(/CC)c2ccccc2)c2ccc(/C=C/C(=O)O)cc2)cc1. The van der Waals surface area contributed by atoms with Gasteiger partial charge in [0.15, 0.2) is 0 Å². The summed E-state index contributed by atoms with van der Waals surface area (Å²) in [4.78, 5) is 13.3. The van der Waals surface area contributed by atoms with E-state index in [1.54, 1.807) is 6.08 Å². The average molecular weight is 494 g/mol. The van der Waals surface area contributed by atoms with Crippen molar-refractivity contribution in [2.24, 2.45) is 0 Å². The molecule has 1 N–H and O–H groups in total. The third-order valence-corrected chi connectivity index (χ3v) is 6.65. The standard InChI is InChI=1S/C33H35NO3/c1-3-31(27-10-6-4-7-11-27)33(28-15-12-26(13-16-28)14-21-32(35)36)29-17-19-30(20-18-29)37-25(2)24-34-22-8-5-9-23-34/h4,6-7,10-21H,2-3,5,8-9,22-24H2,1H3,(H,35,36)/b21-14+,33-31-. The van der Waals surface area contributed by atoms with Crippen molar-refractivity contribution < 1.29 is 14.6 Å². The van der Waals surface area contributed by atoms with Crippen LogP contribution >= 0.6 is 0 Å². The summed E-state index contributed by atoms with van der Waals surface area (Å²) in [6.45, 7) is 9.31. The molecule has 1 fully saturated rings. The van der Waals surface area contributed by atoms with Gasteiger partial charge in [-0.1, -0.05) is 86.7 Å². The van der Waals surface area contributed by atoms with Crippen molar-refractivity contribution in [3.8, 4) is 5.75 Å². The molecule has 37 heavy (non-hydrogen) atoms. The van der Waals surface area contributed by atoms with E-state index in [0.717, 1.165) is 65.9 Å². The maximum Gasteiger partial charge on any atom is 0.328 e. The predicted octanol–water partition coefficient (Wildman–Crippen LogP) is 7.53. The summed E-state index contributed by atoms with van der Waals surface area (Å²) in [7, 11) is 0. The zero-order chi connectivity index (χ0) is 26.0. The minimum atomic E-state index is -0.956. The lowest BCUT2D eigenvalue weighted by molar-refractivity contribution is -0.131. The van der Waals surface area contributed by atoms with Crippen LogP contribution in [0.2, 0.25) is 0 Å². The number of carbonyl (C=O) groups is 1. The lowest BCUT2D eigenvalue weighted by atomic mass is 9.88. The quantitative estimate of drug-likeness (QED) is 0.180. The first-order valence-electron chi connectivity index (χ1n) is 13.0. The highest BCUT2D eigenvalue weighted by atomic mass is 16.5. The van der Waals surface area contributed by atoms with Gasteiger partial charge in [-0.25, -0.2) is 4.79 Å². The molecule has 0 aliphatic carbocycles. The second-order valence-corrected chi connectivity index (χ2v) is 9.37. The van der Waals surface area contributed by atoms with Gasteiger partial charge in [0.25, 0.3) is 0 Å². The molecule has 1 aliphatic heterocycles. The molecule has 1 saturated heterocycles. The van der Waals surface area contributed by atoms with Crippen molar-refractivity contribution in [1.29, 1.82) is 0 Å². The number of piperidine rings is 1. The van der Waals surface area contributed by atoms with Crippen LogP contribution in [0.15, 0.2) is 97.3 Å². The second kappa shape index (κ2) is 12.9. The number of rotatable bonds is 10. The summed E-state index contributed by atoms with van der Waals surface area (Å²) >= 11 is 0. The molecule has 0 bridgehead atoms. The van der Waals surface area contributed by atoms with Crippen molar-refractivity contribution in [1.82, 2.24) is 4.90 Å². The van der Waals surface area contributed by atoms with Crippen molar-refractivity contribution >= 4 is 23.2 Å². The van der Waals surface area contributed by atoms with Gasteiger partial charge in [0, 0.05) is 6.08 Å². The van der Waals surface area contributed by atoms with E-state index in [4.69, 9.17) is 9.84 Å². The highest BCUT2D eigenvalue weighted by Crippen LogP contribution is 2.35. The van der Waals surface area contributed by atoms with Crippen molar-refractivity contribution in [2.75, 3.05) is 19.6 Å². The largest absolute Gasteiger partial charge is 0.478 e. The molecule has 3 aromatic rings. The van der Waals surface area contributed by atoms with Gasteiger partial charge in [-0.2, -0.15) is 0 Å². The molecule has 4 rings (SSSR count). The molecule has 190 valence electrons. The number of allylic oxidation sites excluding steroid dienone is 1. The number of likely N-dealkylation sites (tertiary alicyclic amines) is 1. The highest BCUT2D eigenvalue weighted by Gasteiger charge is 2.15. The van der Waals surface area contributed by atoms with Crippen molar-refractivity contribution in [2.45, 2.75) is 32.6 Å². The minimum Gasteiger partial charge on any atom is -0.478 e. The number of hydrogen-bond acceptors (Lipinski definition) is 3. The lowest BCUT2D eigenvalue weighted by Crippen LogP contribution is -2.32. The Hall–Kier alpha value is -3.89. The van der Waals surface area contributed by atoms with E-state index in [1.165, 1.54) is 30.4 Å². The maximum atomic E-state index is 10.9. The fourth-order valence-corrected chi connectivity index (χ4v) is 4.86. The van der Waals surface area contributed by atoms with Crippen LogP contribution in [0, 0.1) is 0 Å². The van der Waals surface area contributed by atoms with Crippen LogP contribution in [0.25, 0.3) is 17.2 Å². The Balaban J connectivity index is 1.63. The Labute approximate surface area is 220 Å². The van der Waals surface area contributed by atoms with Gasteiger partial charge in [0.05, 0.1) is 6.54 Å². The van der Waals surface area contributed by atoms with Gasteiger partial charge in [-0.05, 0) is 84.0 Å². The first-order chi connectivity index (χ1) is 18.0. The summed E-state index contributed by atoms with van der Waals surface area (Å²) in [6.07, 6.45) is 7.43. The Morgan fingerprint density at radius 2 is 1.51 bits per heavy atom. The van der Waals surface area contributed by atoms with Gasteiger partial charge < -0.3 is 9.84 Å². The van der Waals surface area contributed by atoms with Crippen LogP contribution in [0.1, 0.15) is 54.9 Å².